The van der Waals surface area contributed by atoms with Gasteiger partial charge in [-0.3, -0.25) is 0 Å². The van der Waals surface area contributed by atoms with Crippen molar-refractivity contribution in [2.45, 2.75) is 26.2 Å². The van der Waals surface area contributed by atoms with Gasteiger partial charge in [0, 0.05) is 10.8 Å². The lowest BCUT2D eigenvalue weighted by atomic mass is 9.84. The molecule has 0 bridgehead atoms. The maximum atomic E-state index is 6.31. The summed E-state index contributed by atoms with van der Waals surface area (Å²) in [5, 5.41) is 7.49. The van der Waals surface area contributed by atoms with Crippen LogP contribution in [0.2, 0.25) is 0 Å². The fraction of sp³-hybridized carbons (Fsp3) is 0.133. The second-order valence-corrected chi connectivity index (χ2v) is 9.47. The van der Waals surface area contributed by atoms with E-state index in [1.54, 1.807) is 0 Å². The van der Waals surface area contributed by atoms with Gasteiger partial charge >= 0.3 is 0 Å². The smallest absolute Gasteiger partial charge is 0.136 e. The van der Waals surface area contributed by atoms with E-state index in [2.05, 4.69) is 106 Å². The number of benzene rings is 5. The van der Waals surface area contributed by atoms with Crippen LogP contribution in [0.4, 0.5) is 0 Å². The highest BCUT2D eigenvalue weighted by Crippen LogP contribution is 2.41. The topological polar surface area (TPSA) is 13.1 Å². The third kappa shape index (κ3) is 2.84. The highest BCUT2D eigenvalue weighted by atomic mass is 16.3. The van der Waals surface area contributed by atoms with Crippen LogP contribution in [-0.4, -0.2) is 0 Å². The second-order valence-electron chi connectivity index (χ2n) is 9.47. The van der Waals surface area contributed by atoms with Gasteiger partial charge in [-0.05, 0) is 67.9 Å². The zero-order valence-electron chi connectivity index (χ0n) is 18.1. The van der Waals surface area contributed by atoms with Gasteiger partial charge in [-0.2, -0.15) is 0 Å². The number of fused-ring (bicyclic) bond motifs is 6. The Hall–Kier alpha value is -3.58. The standard InChI is InChI=1S/C30H24O/c1-30(2,3)22-17-26(29-24-10-6-7-11-27(24)31-28(29)18-22)21-15-14-20-13-12-19-8-4-5-9-23(19)25(20)16-21/h4-18H,1-3H3. The molecule has 31 heavy (non-hydrogen) atoms. The van der Waals surface area contributed by atoms with Gasteiger partial charge in [-0.15, -0.1) is 0 Å². The molecular weight excluding hydrogens is 376 g/mol. The van der Waals surface area contributed by atoms with Crippen molar-refractivity contribution < 1.29 is 4.42 Å². The fourth-order valence-electron chi connectivity index (χ4n) is 4.68. The van der Waals surface area contributed by atoms with Crippen LogP contribution in [0, 0.1) is 0 Å². The number of furan rings is 1. The summed E-state index contributed by atoms with van der Waals surface area (Å²) < 4.78 is 6.31. The monoisotopic (exact) mass is 400 g/mol. The van der Waals surface area contributed by atoms with E-state index in [0.29, 0.717) is 0 Å². The second kappa shape index (κ2) is 6.46. The van der Waals surface area contributed by atoms with E-state index in [-0.39, 0.29) is 5.41 Å². The van der Waals surface area contributed by atoms with Crippen LogP contribution in [0.5, 0.6) is 0 Å². The van der Waals surface area contributed by atoms with Gasteiger partial charge in [0.25, 0.3) is 0 Å². The van der Waals surface area contributed by atoms with E-state index < -0.39 is 0 Å². The Morgan fingerprint density at radius 3 is 2.06 bits per heavy atom. The van der Waals surface area contributed by atoms with Crippen molar-refractivity contribution in [1.82, 2.24) is 0 Å². The lowest BCUT2D eigenvalue weighted by Crippen LogP contribution is -2.11. The minimum atomic E-state index is 0.0332. The molecule has 5 aromatic carbocycles. The quantitative estimate of drug-likeness (QED) is 0.251. The molecule has 6 aromatic rings. The highest BCUT2D eigenvalue weighted by Gasteiger charge is 2.20. The first kappa shape index (κ1) is 18.2. The Kier molecular flexibility index (Phi) is 3.79. The molecule has 1 aromatic heterocycles. The van der Waals surface area contributed by atoms with Crippen molar-refractivity contribution in [2.75, 3.05) is 0 Å². The molecule has 0 N–H and O–H groups in total. The number of hydrogen-bond donors (Lipinski definition) is 0. The molecule has 0 amide bonds. The molecule has 0 atom stereocenters. The average Bonchev–Trinajstić information content (AvgIpc) is 3.16. The van der Waals surface area contributed by atoms with E-state index in [4.69, 9.17) is 4.42 Å². The molecule has 150 valence electrons. The molecule has 0 spiro atoms. The molecule has 0 radical (unpaired) electrons. The summed E-state index contributed by atoms with van der Waals surface area (Å²) in [6, 6.07) is 32.8. The molecule has 0 aliphatic rings. The Labute approximate surface area is 181 Å². The zero-order chi connectivity index (χ0) is 21.2. The first-order valence-corrected chi connectivity index (χ1v) is 10.9. The Balaban J connectivity index is 1.73. The molecule has 0 unspecified atom stereocenters. The van der Waals surface area contributed by atoms with Gasteiger partial charge < -0.3 is 4.42 Å². The number of hydrogen-bond acceptors (Lipinski definition) is 1. The molecule has 0 fully saturated rings. The lowest BCUT2D eigenvalue weighted by Gasteiger charge is -2.20. The average molecular weight is 401 g/mol. The van der Waals surface area contributed by atoms with E-state index in [1.807, 2.05) is 6.07 Å². The molecule has 1 heteroatoms. The molecular formula is C30H24O. The fourth-order valence-corrected chi connectivity index (χ4v) is 4.68. The molecule has 1 nitrogen and oxygen atoms in total. The normalized spacial score (nSPS) is 12.4. The van der Waals surface area contributed by atoms with Gasteiger partial charge in [0.05, 0.1) is 0 Å². The molecule has 1 heterocycles. The number of rotatable bonds is 1. The summed E-state index contributed by atoms with van der Waals surface area (Å²) in [6.07, 6.45) is 0. The van der Waals surface area contributed by atoms with Gasteiger partial charge in [-0.25, -0.2) is 0 Å². The van der Waals surface area contributed by atoms with E-state index >= 15 is 0 Å². The molecule has 0 aliphatic carbocycles. The van der Waals surface area contributed by atoms with E-state index in [0.717, 1.165) is 11.2 Å². The summed E-state index contributed by atoms with van der Waals surface area (Å²) in [5.41, 5.74) is 5.68. The molecule has 0 saturated heterocycles. The highest BCUT2D eigenvalue weighted by molar-refractivity contribution is 6.14. The predicted octanol–water partition coefficient (Wildman–Crippen LogP) is 8.86. The van der Waals surface area contributed by atoms with Crippen molar-refractivity contribution in [2.24, 2.45) is 0 Å². The predicted molar refractivity (Wildman–Crippen MR) is 133 cm³/mol. The van der Waals surface area contributed by atoms with Crippen LogP contribution in [-0.2, 0) is 5.41 Å². The van der Waals surface area contributed by atoms with Crippen molar-refractivity contribution in [3.63, 3.8) is 0 Å². The van der Waals surface area contributed by atoms with Crippen molar-refractivity contribution in [3.05, 3.63) is 96.6 Å². The van der Waals surface area contributed by atoms with E-state index in [9.17, 15) is 0 Å². The SMILES string of the molecule is CC(C)(C)c1cc(-c2ccc3ccc4ccccc4c3c2)c2c(c1)oc1ccccc12. The summed E-state index contributed by atoms with van der Waals surface area (Å²) >= 11 is 0. The van der Waals surface area contributed by atoms with Gasteiger partial charge in [0.1, 0.15) is 11.2 Å². The third-order valence-electron chi connectivity index (χ3n) is 6.40. The Morgan fingerprint density at radius 2 is 1.26 bits per heavy atom. The largest absolute Gasteiger partial charge is 0.456 e. The minimum absolute atomic E-state index is 0.0332. The minimum Gasteiger partial charge on any atom is -0.456 e. The third-order valence-corrected chi connectivity index (χ3v) is 6.40. The summed E-state index contributed by atoms with van der Waals surface area (Å²) in [4.78, 5) is 0. The van der Waals surface area contributed by atoms with Gasteiger partial charge in [0.2, 0.25) is 0 Å². The maximum absolute atomic E-state index is 6.31. The van der Waals surface area contributed by atoms with Crippen LogP contribution in [0.1, 0.15) is 26.3 Å². The van der Waals surface area contributed by atoms with Gasteiger partial charge in [0.15, 0.2) is 0 Å². The zero-order valence-corrected chi connectivity index (χ0v) is 18.1. The molecule has 0 aliphatic heterocycles. The molecule has 0 saturated carbocycles. The van der Waals surface area contributed by atoms with Crippen LogP contribution < -0.4 is 0 Å². The molecule has 6 rings (SSSR count). The van der Waals surface area contributed by atoms with Crippen LogP contribution in [0.3, 0.4) is 0 Å². The lowest BCUT2D eigenvalue weighted by molar-refractivity contribution is 0.588. The maximum Gasteiger partial charge on any atom is 0.136 e. The first-order valence-electron chi connectivity index (χ1n) is 10.9. The summed E-state index contributed by atoms with van der Waals surface area (Å²) in [7, 11) is 0. The Bertz CT molecular complexity index is 1610. The van der Waals surface area contributed by atoms with Crippen molar-refractivity contribution in [1.29, 1.82) is 0 Å². The van der Waals surface area contributed by atoms with Crippen LogP contribution in [0.25, 0.3) is 54.6 Å². The summed E-state index contributed by atoms with van der Waals surface area (Å²) in [5.74, 6) is 0. The van der Waals surface area contributed by atoms with Crippen molar-refractivity contribution in [3.8, 4) is 11.1 Å². The summed E-state index contributed by atoms with van der Waals surface area (Å²) in [6.45, 7) is 6.78. The van der Waals surface area contributed by atoms with Crippen molar-refractivity contribution >= 4 is 43.5 Å². The van der Waals surface area contributed by atoms with Crippen LogP contribution >= 0.6 is 0 Å². The first-order chi connectivity index (χ1) is 15.0. The van der Waals surface area contributed by atoms with E-state index in [1.165, 1.54) is 49.0 Å². The van der Waals surface area contributed by atoms with Crippen LogP contribution in [0.15, 0.2) is 95.4 Å². The Morgan fingerprint density at radius 1 is 0.581 bits per heavy atom. The number of para-hydroxylation sites is 1. The van der Waals surface area contributed by atoms with Gasteiger partial charge in [-0.1, -0.05) is 87.5 Å².